The summed E-state index contributed by atoms with van der Waals surface area (Å²) in [5.41, 5.74) is 2.14. The number of carbonyl (C=O) groups excluding carboxylic acids is 1. The van der Waals surface area contributed by atoms with E-state index in [0.29, 0.717) is 35.9 Å². The number of amides is 1. The van der Waals surface area contributed by atoms with Gasteiger partial charge in [0.1, 0.15) is 12.4 Å². The molecule has 0 N–H and O–H groups in total. The molecule has 1 heterocycles. The third-order valence-corrected chi connectivity index (χ3v) is 7.92. The lowest BCUT2D eigenvalue weighted by Crippen LogP contribution is -2.27. The minimum absolute atomic E-state index is 0.236. The predicted octanol–water partition coefficient (Wildman–Crippen LogP) is 8.00. The van der Waals surface area contributed by atoms with E-state index in [2.05, 4.69) is 31.9 Å². The van der Waals surface area contributed by atoms with Crippen LogP contribution in [0.15, 0.2) is 68.4 Å². The maximum absolute atomic E-state index is 13.1. The number of thioether (sulfide) groups is 1. The van der Waals surface area contributed by atoms with E-state index in [1.54, 1.807) is 42.5 Å². The Morgan fingerprint density at radius 3 is 2.53 bits per heavy atom. The number of nitrogens with zero attached hydrogens (tertiary/aromatic N) is 1. The van der Waals surface area contributed by atoms with Crippen LogP contribution in [0.25, 0.3) is 6.08 Å². The quantitative estimate of drug-likeness (QED) is 0.201. The van der Waals surface area contributed by atoms with Gasteiger partial charge in [0.25, 0.3) is 5.91 Å². The first-order chi connectivity index (χ1) is 16.3. The van der Waals surface area contributed by atoms with Crippen LogP contribution in [0.2, 0.25) is 5.02 Å². The maximum atomic E-state index is 13.1. The summed E-state index contributed by atoms with van der Waals surface area (Å²) >= 11 is 19.7. The first kappa shape index (κ1) is 25.2. The van der Waals surface area contributed by atoms with Crippen LogP contribution < -0.4 is 14.4 Å². The Balaban J connectivity index is 1.58. The minimum atomic E-state index is -0.305. The Hall–Kier alpha value is -1.91. The molecule has 1 fully saturated rings. The van der Waals surface area contributed by atoms with Crippen LogP contribution in [-0.4, -0.2) is 17.3 Å². The highest BCUT2D eigenvalue weighted by molar-refractivity contribution is 9.10. The SMILES string of the molecule is COc1cc(/C=C2/SC(=S)N(c3ccc(Br)c(Cl)c3)C2=O)cc(Br)c1OCc1ccc(F)cc1. The zero-order valence-corrected chi connectivity index (χ0v) is 23.0. The molecule has 0 bridgehead atoms. The van der Waals surface area contributed by atoms with Crippen molar-refractivity contribution >= 4 is 89.4 Å². The third-order valence-electron chi connectivity index (χ3n) is 4.80. The third kappa shape index (κ3) is 5.49. The van der Waals surface area contributed by atoms with Gasteiger partial charge in [-0.05, 0) is 91.5 Å². The van der Waals surface area contributed by atoms with Gasteiger partial charge in [-0.15, -0.1) is 0 Å². The number of hydrogen-bond acceptors (Lipinski definition) is 5. The smallest absolute Gasteiger partial charge is 0.270 e. The topological polar surface area (TPSA) is 38.8 Å². The Labute approximate surface area is 227 Å². The Bertz CT molecular complexity index is 1320. The normalized spacial score (nSPS) is 14.7. The second-order valence-corrected chi connectivity index (χ2v) is 10.9. The van der Waals surface area contributed by atoms with Crippen LogP contribution in [0.3, 0.4) is 0 Å². The van der Waals surface area contributed by atoms with E-state index in [1.807, 2.05) is 6.07 Å². The number of thiocarbonyl (C=S) groups is 1. The average molecular weight is 644 g/mol. The van der Waals surface area contributed by atoms with Crippen LogP contribution in [0.4, 0.5) is 10.1 Å². The highest BCUT2D eigenvalue weighted by Crippen LogP contribution is 2.41. The summed E-state index contributed by atoms with van der Waals surface area (Å²) in [5.74, 6) is 0.444. The van der Waals surface area contributed by atoms with E-state index in [-0.39, 0.29) is 18.3 Å². The zero-order valence-electron chi connectivity index (χ0n) is 17.5. The fourth-order valence-corrected chi connectivity index (χ4v) is 5.46. The molecule has 0 spiro atoms. The monoisotopic (exact) mass is 641 g/mol. The summed E-state index contributed by atoms with van der Waals surface area (Å²) in [6, 6.07) is 14.9. The highest BCUT2D eigenvalue weighted by atomic mass is 79.9. The Kier molecular flexibility index (Phi) is 7.99. The van der Waals surface area contributed by atoms with Gasteiger partial charge in [-0.2, -0.15) is 0 Å². The summed E-state index contributed by atoms with van der Waals surface area (Å²) in [6.07, 6.45) is 1.75. The average Bonchev–Trinajstić information content (AvgIpc) is 3.08. The predicted molar refractivity (Wildman–Crippen MR) is 146 cm³/mol. The zero-order chi connectivity index (χ0) is 24.4. The molecule has 4 nitrogen and oxygen atoms in total. The molecule has 1 aliphatic heterocycles. The molecular weight excluding hydrogens is 629 g/mol. The van der Waals surface area contributed by atoms with Crippen molar-refractivity contribution in [3.8, 4) is 11.5 Å². The fraction of sp³-hybridized carbons (Fsp3) is 0.0833. The van der Waals surface area contributed by atoms with Gasteiger partial charge in [0.15, 0.2) is 15.8 Å². The first-order valence-electron chi connectivity index (χ1n) is 9.74. The molecule has 174 valence electrons. The van der Waals surface area contributed by atoms with Crippen LogP contribution in [0.1, 0.15) is 11.1 Å². The second-order valence-electron chi connectivity index (χ2n) is 7.06. The van der Waals surface area contributed by atoms with Crippen molar-refractivity contribution in [2.24, 2.45) is 0 Å². The molecule has 0 aromatic heterocycles. The highest BCUT2D eigenvalue weighted by Gasteiger charge is 2.33. The molecule has 1 amide bonds. The molecule has 0 saturated carbocycles. The number of halogens is 4. The van der Waals surface area contributed by atoms with Crippen molar-refractivity contribution in [2.45, 2.75) is 6.61 Å². The Morgan fingerprint density at radius 2 is 1.85 bits per heavy atom. The number of benzene rings is 3. The van der Waals surface area contributed by atoms with Gasteiger partial charge < -0.3 is 9.47 Å². The Morgan fingerprint density at radius 1 is 1.12 bits per heavy atom. The number of ether oxygens (including phenoxy) is 2. The summed E-state index contributed by atoms with van der Waals surface area (Å²) in [4.78, 5) is 15.0. The number of carbonyl (C=O) groups is 1. The standard InChI is InChI=1S/C24H15Br2ClFNO3S2/c1-31-20-9-14(8-18(26)22(20)32-12-13-2-4-15(28)5-3-13)10-21-23(30)29(24(33)34-21)16-6-7-17(25)19(27)11-16/h2-11H,12H2,1H3/b21-10+. The molecule has 1 saturated heterocycles. The lowest BCUT2D eigenvalue weighted by molar-refractivity contribution is -0.113. The van der Waals surface area contributed by atoms with Crippen molar-refractivity contribution < 1.29 is 18.7 Å². The largest absolute Gasteiger partial charge is 0.493 e. The second kappa shape index (κ2) is 10.8. The number of anilines is 1. The van der Waals surface area contributed by atoms with Gasteiger partial charge in [-0.1, -0.05) is 47.7 Å². The molecule has 4 rings (SSSR count). The molecule has 34 heavy (non-hydrogen) atoms. The number of hydrogen-bond donors (Lipinski definition) is 0. The molecular formula is C24H15Br2ClFNO3S2. The molecule has 10 heteroatoms. The van der Waals surface area contributed by atoms with Gasteiger partial charge >= 0.3 is 0 Å². The van der Waals surface area contributed by atoms with Gasteiger partial charge in [0, 0.05) is 4.47 Å². The summed E-state index contributed by atoms with van der Waals surface area (Å²) in [7, 11) is 1.53. The molecule has 3 aromatic carbocycles. The molecule has 0 radical (unpaired) electrons. The lowest BCUT2D eigenvalue weighted by atomic mass is 10.1. The molecule has 1 aliphatic rings. The van der Waals surface area contributed by atoms with Gasteiger partial charge in [0.2, 0.25) is 0 Å². The van der Waals surface area contributed by atoms with E-state index in [0.717, 1.165) is 15.6 Å². The van der Waals surface area contributed by atoms with Crippen LogP contribution in [0, 0.1) is 5.82 Å². The van der Waals surface area contributed by atoms with E-state index in [1.165, 1.54) is 35.9 Å². The van der Waals surface area contributed by atoms with Gasteiger partial charge in [0.05, 0.1) is 27.2 Å². The molecule has 0 aliphatic carbocycles. The van der Waals surface area contributed by atoms with Crippen LogP contribution in [-0.2, 0) is 11.4 Å². The summed E-state index contributed by atoms with van der Waals surface area (Å²) < 4.78 is 26.4. The van der Waals surface area contributed by atoms with Crippen LogP contribution in [0.5, 0.6) is 11.5 Å². The van der Waals surface area contributed by atoms with E-state index in [9.17, 15) is 9.18 Å². The van der Waals surface area contributed by atoms with Crippen LogP contribution >= 0.6 is 67.4 Å². The lowest BCUT2D eigenvalue weighted by Gasteiger charge is -2.15. The van der Waals surface area contributed by atoms with Crippen molar-refractivity contribution in [1.29, 1.82) is 0 Å². The fourth-order valence-electron chi connectivity index (χ4n) is 3.17. The van der Waals surface area contributed by atoms with Crippen molar-refractivity contribution in [1.82, 2.24) is 0 Å². The summed E-state index contributed by atoms with van der Waals surface area (Å²) in [6.45, 7) is 0.239. The molecule has 0 atom stereocenters. The van der Waals surface area contributed by atoms with E-state index >= 15 is 0 Å². The van der Waals surface area contributed by atoms with Crippen molar-refractivity contribution in [3.05, 3.63) is 90.4 Å². The van der Waals surface area contributed by atoms with Gasteiger partial charge in [-0.25, -0.2) is 4.39 Å². The van der Waals surface area contributed by atoms with Gasteiger partial charge in [-0.3, -0.25) is 9.69 Å². The van der Waals surface area contributed by atoms with E-state index in [4.69, 9.17) is 33.3 Å². The van der Waals surface area contributed by atoms with Crippen molar-refractivity contribution in [2.75, 3.05) is 12.0 Å². The maximum Gasteiger partial charge on any atom is 0.270 e. The number of rotatable bonds is 6. The minimum Gasteiger partial charge on any atom is -0.493 e. The number of methoxy groups -OCH3 is 1. The molecule has 3 aromatic rings. The summed E-state index contributed by atoms with van der Waals surface area (Å²) in [5, 5.41) is 0.487. The van der Waals surface area contributed by atoms with E-state index < -0.39 is 0 Å². The first-order valence-corrected chi connectivity index (χ1v) is 12.9. The van der Waals surface area contributed by atoms with Crippen molar-refractivity contribution in [3.63, 3.8) is 0 Å². The molecule has 0 unspecified atom stereocenters.